The van der Waals surface area contributed by atoms with Crippen LogP contribution in [0, 0.1) is 6.92 Å². The Bertz CT molecular complexity index is 1120. The highest BCUT2D eigenvalue weighted by atomic mass is 35.5. The number of ether oxygens (including phenoxy) is 1. The minimum absolute atomic E-state index is 0.254. The summed E-state index contributed by atoms with van der Waals surface area (Å²) < 4.78 is 15.8. The fraction of sp³-hybridized carbons (Fsp3) is 0.273. The van der Waals surface area contributed by atoms with Gasteiger partial charge in [0.25, 0.3) is 5.91 Å². The van der Waals surface area contributed by atoms with Crippen LogP contribution in [-0.4, -0.2) is 34.4 Å². The summed E-state index contributed by atoms with van der Waals surface area (Å²) in [6.07, 6.45) is 2.51. The number of hydrogen-bond acceptors (Lipinski definition) is 7. The third-order valence-electron chi connectivity index (χ3n) is 5.01. The van der Waals surface area contributed by atoms with Crippen molar-refractivity contribution in [1.82, 2.24) is 10.2 Å². The maximum atomic E-state index is 12.9. The first-order valence-corrected chi connectivity index (χ1v) is 10.2. The van der Waals surface area contributed by atoms with Crippen molar-refractivity contribution in [1.29, 1.82) is 0 Å². The smallest absolute Gasteiger partial charge is 0.344 e. The highest BCUT2D eigenvalue weighted by Gasteiger charge is 2.35. The zero-order chi connectivity index (χ0) is 22.0. The van der Waals surface area contributed by atoms with Crippen LogP contribution in [0.3, 0.4) is 0 Å². The lowest BCUT2D eigenvalue weighted by atomic mass is 10.0. The third-order valence-corrected chi connectivity index (χ3v) is 5.27. The lowest BCUT2D eigenvalue weighted by molar-refractivity contribution is -0.136. The summed E-state index contributed by atoms with van der Waals surface area (Å²) in [5.41, 5.74) is 2.30. The Labute approximate surface area is 183 Å². The molecule has 1 aliphatic heterocycles. The number of rotatable bonds is 6. The summed E-state index contributed by atoms with van der Waals surface area (Å²) in [5, 5.41) is 10.2. The molecule has 0 saturated heterocycles. The minimum atomic E-state index is -0.653. The number of aryl methyl sites for hydroxylation is 2. The SMILES string of the molecule is CCc1noc(C)c1C(=O)OCC(=O)N1N=C(c2ccc(Cl)cc2)CC1c1ccco1. The highest BCUT2D eigenvalue weighted by Crippen LogP contribution is 2.33. The van der Waals surface area contributed by atoms with Crippen LogP contribution in [0.1, 0.15) is 52.5 Å². The van der Waals surface area contributed by atoms with E-state index in [0.29, 0.717) is 40.8 Å². The molecule has 160 valence electrons. The van der Waals surface area contributed by atoms with Gasteiger partial charge in [-0.25, -0.2) is 9.80 Å². The number of carbonyl (C=O) groups excluding carboxylic acids is 2. The number of hydrazone groups is 1. The molecular formula is C22H20ClN3O5. The molecular weight excluding hydrogens is 422 g/mol. The van der Waals surface area contributed by atoms with E-state index in [-0.39, 0.29) is 5.56 Å². The number of esters is 1. The summed E-state index contributed by atoms with van der Waals surface area (Å²) in [6, 6.07) is 10.3. The fourth-order valence-electron chi connectivity index (χ4n) is 3.45. The Hall–Kier alpha value is -3.39. The van der Waals surface area contributed by atoms with Gasteiger partial charge in [0.2, 0.25) is 0 Å². The molecule has 1 aromatic carbocycles. The number of amides is 1. The van der Waals surface area contributed by atoms with Gasteiger partial charge in [-0.05, 0) is 43.2 Å². The van der Waals surface area contributed by atoms with Crippen LogP contribution in [0.15, 0.2) is 56.7 Å². The molecule has 0 aliphatic carbocycles. The van der Waals surface area contributed by atoms with Crippen molar-refractivity contribution >= 4 is 29.2 Å². The van der Waals surface area contributed by atoms with E-state index in [2.05, 4.69) is 10.3 Å². The number of aromatic nitrogens is 1. The van der Waals surface area contributed by atoms with Crippen LogP contribution in [0.2, 0.25) is 5.02 Å². The molecule has 3 heterocycles. The predicted molar refractivity (Wildman–Crippen MR) is 112 cm³/mol. The molecule has 0 spiro atoms. The van der Waals surface area contributed by atoms with Crippen LogP contribution in [0.5, 0.6) is 0 Å². The summed E-state index contributed by atoms with van der Waals surface area (Å²) in [5.74, 6) is -0.173. The van der Waals surface area contributed by atoms with Crippen LogP contribution >= 0.6 is 11.6 Å². The molecule has 3 aromatic rings. The zero-order valence-corrected chi connectivity index (χ0v) is 17.8. The Kier molecular flexibility index (Phi) is 5.90. The Morgan fingerprint density at radius 3 is 2.71 bits per heavy atom. The average molecular weight is 442 g/mol. The van der Waals surface area contributed by atoms with Crippen molar-refractivity contribution in [2.24, 2.45) is 5.10 Å². The second kappa shape index (κ2) is 8.77. The Balaban J connectivity index is 1.53. The van der Waals surface area contributed by atoms with Gasteiger partial charge in [-0.3, -0.25) is 4.79 Å². The van der Waals surface area contributed by atoms with E-state index in [9.17, 15) is 9.59 Å². The van der Waals surface area contributed by atoms with Crippen LogP contribution in [0.4, 0.5) is 0 Å². The van der Waals surface area contributed by atoms with Gasteiger partial charge in [0, 0.05) is 11.4 Å². The molecule has 9 heteroatoms. The molecule has 0 fully saturated rings. The molecule has 31 heavy (non-hydrogen) atoms. The second-order valence-corrected chi connectivity index (χ2v) is 7.45. The van der Waals surface area contributed by atoms with E-state index in [1.54, 1.807) is 37.5 Å². The monoisotopic (exact) mass is 441 g/mol. The van der Waals surface area contributed by atoms with Crippen molar-refractivity contribution in [2.45, 2.75) is 32.7 Å². The number of carbonyl (C=O) groups is 2. The number of hydrogen-bond donors (Lipinski definition) is 0. The molecule has 8 nitrogen and oxygen atoms in total. The van der Waals surface area contributed by atoms with Gasteiger partial charge in [-0.2, -0.15) is 5.10 Å². The molecule has 0 N–H and O–H groups in total. The molecule has 1 atom stereocenters. The molecule has 1 amide bonds. The van der Waals surface area contributed by atoms with Gasteiger partial charge in [0.05, 0.1) is 17.7 Å². The normalized spacial score (nSPS) is 15.8. The van der Waals surface area contributed by atoms with Crippen molar-refractivity contribution in [2.75, 3.05) is 6.61 Å². The van der Waals surface area contributed by atoms with E-state index in [1.807, 2.05) is 19.1 Å². The van der Waals surface area contributed by atoms with E-state index < -0.39 is 24.5 Å². The molecule has 4 rings (SSSR count). The molecule has 2 aromatic heterocycles. The molecule has 1 aliphatic rings. The number of furan rings is 1. The number of halogens is 1. The quantitative estimate of drug-likeness (QED) is 0.528. The van der Waals surface area contributed by atoms with Crippen molar-refractivity contribution in [3.8, 4) is 0 Å². The van der Waals surface area contributed by atoms with E-state index in [1.165, 1.54) is 5.01 Å². The first-order valence-electron chi connectivity index (χ1n) is 9.79. The Morgan fingerprint density at radius 2 is 2.03 bits per heavy atom. The second-order valence-electron chi connectivity index (χ2n) is 7.02. The lowest BCUT2D eigenvalue weighted by Crippen LogP contribution is -2.31. The molecule has 0 radical (unpaired) electrons. The van der Waals surface area contributed by atoms with Gasteiger partial charge < -0.3 is 13.7 Å². The first-order chi connectivity index (χ1) is 15.0. The molecule has 0 saturated carbocycles. The zero-order valence-electron chi connectivity index (χ0n) is 17.0. The van der Waals surface area contributed by atoms with E-state index >= 15 is 0 Å². The Morgan fingerprint density at radius 1 is 1.26 bits per heavy atom. The summed E-state index contributed by atoms with van der Waals surface area (Å²) in [6.45, 7) is 3.01. The van der Waals surface area contributed by atoms with Crippen LogP contribution in [0.25, 0.3) is 0 Å². The first kappa shape index (κ1) is 20.9. The van der Waals surface area contributed by atoms with Gasteiger partial charge in [-0.15, -0.1) is 0 Å². The van der Waals surface area contributed by atoms with E-state index in [4.69, 9.17) is 25.3 Å². The number of nitrogens with zero attached hydrogens (tertiary/aromatic N) is 3. The molecule has 1 unspecified atom stereocenters. The van der Waals surface area contributed by atoms with E-state index in [0.717, 1.165) is 5.56 Å². The van der Waals surface area contributed by atoms with Crippen molar-refractivity contribution in [3.63, 3.8) is 0 Å². The summed E-state index contributed by atoms with van der Waals surface area (Å²) in [4.78, 5) is 25.4. The van der Waals surface area contributed by atoms with Gasteiger partial charge in [-0.1, -0.05) is 35.8 Å². The average Bonchev–Trinajstić information content (AvgIpc) is 3.51. The summed E-state index contributed by atoms with van der Waals surface area (Å²) in [7, 11) is 0. The standard InChI is InChI=1S/C22H20ClN3O5/c1-3-16-21(13(2)31-25-16)22(28)30-12-20(27)26-18(19-5-4-10-29-19)11-17(24-26)14-6-8-15(23)9-7-14/h4-10,18H,3,11-12H2,1-2H3. The van der Waals surface area contributed by atoms with Crippen molar-refractivity contribution in [3.05, 3.63) is 76.0 Å². The number of benzene rings is 1. The minimum Gasteiger partial charge on any atom is -0.467 e. The lowest BCUT2D eigenvalue weighted by Gasteiger charge is -2.19. The van der Waals surface area contributed by atoms with Gasteiger partial charge in [0.1, 0.15) is 23.1 Å². The maximum absolute atomic E-state index is 12.9. The topological polar surface area (TPSA) is 98.1 Å². The summed E-state index contributed by atoms with van der Waals surface area (Å²) >= 11 is 5.97. The molecule has 0 bridgehead atoms. The predicted octanol–water partition coefficient (Wildman–Crippen LogP) is 4.33. The van der Waals surface area contributed by atoms with Crippen LogP contribution in [-0.2, 0) is 16.0 Å². The maximum Gasteiger partial charge on any atom is 0.344 e. The van der Waals surface area contributed by atoms with Crippen molar-refractivity contribution < 1.29 is 23.3 Å². The highest BCUT2D eigenvalue weighted by molar-refractivity contribution is 6.30. The largest absolute Gasteiger partial charge is 0.467 e. The van der Waals surface area contributed by atoms with Crippen LogP contribution < -0.4 is 0 Å². The fourth-order valence-corrected chi connectivity index (χ4v) is 3.57. The third kappa shape index (κ3) is 4.25. The van der Waals surface area contributed by atoms with Gasteiger partial charge >= 0.3 is 5.97 Å². The van der Waals surface area contributed by atoms with Gasteiger partial charge in [0.15, 0.2) is 6.61 Å².